The predicted octanol–water partition coefficient (Wildman–Crippen LogP) is 2.61. The first-order chi connectivity index (χ1) is 10.6. The first-order valence-electron chi connectivity index (χ1n) is 7.41. The summed E-state index contributed by atoms with van der Waals surface area (Å²) in [6.07, 6.45) is 1.82. The van der Waals surface area contributed by atoms with Gasteiger partial charge in [0, 0.05) is 17.4 Å². The third-order valence-electron chi connectivity index (χ3n) is 3.84. The van der Waals surface area contributed by atoms with Crippen molar-refractivity contribution in [3.05, 3.63) is 36.0 Å². The maximum Gasteiger partial charge on any atom is 0.238 e. The van der Waals surface area contributed by atoms with E-state index >= 15 is 0 Å². The number of H-pyrrole nitrogens is 1. The van der Waals surface area contributed by atoms with E-state index in [2.05, 4.69) is 15.5 Å². The highest BCUT2D eigenvalue weighted by Crippen LogP contribution is 2.27. The van der Waals surface area contributed by atoms with Crippen molar-refractivity contribution in [3.63, 3.8) is 0 Å². The molecule has 2 unspecified atom stereocenters. The predicted molar refractivity (Wildman–Crippen MR) is 81.8 cm³/mol. The molecule has 1 heterocycles. The summed E-state index contributed by atoms with van der Waals surface area (Å²) in [5.74, 6) is 0.721. The largest absolute Gasteiger partial charge is 0.438 e. The molecule has 2 atom stereocenters. The Kier molecular flexibility index (Phi) is 4.11. The number of carbonyl (C=O) groups is 1. The molecule has 3 rings (SSSR count). The zero-order valence-electron chi connectivity index (χ0n) is 12.4. The van der Waals surface area contributed by atoms with Gasteiger partial charge in [-0.1, -0.05) is 0 Å². The van der Waals surface area contributed by atoms with Gasteiger partial charge >= 0.3 is 0 Å². The number of ether oxygens (including phenoxy) is 1. The molecule has 1 amide bonds. The molecule has 1 fully saturated rings. The molecule has 0 bridgehead atoms. The van der Waals surface area contributed by atoms with E-state index in [1.54, 1.807) is 30.3 Å². The van der Waals surface area contributed by atoms with Crippen molar-refractivity contribution in [3.8, 4) is 11.6 Å². The Morgan fingerprint density at radius 2 is 2.14 bits per heavy atom. The van der Waals surface area contributed by atoms with E-state index in [9.17, 15) is 9.90 Å². The average molecular weight is 301 g/mol. The summed E-state index contributed by atoms with van der Waals surface area (Å²) in [7, 11) is 0. The van der Waals surface area contributed by atoms with E-state index in [-0.39, 0.29) is 11.8 Å². The molecular formula is C16H19N3O3. The summed E-state index contributed by atoms with van der Waals surface area (Å²) >= 11 is 0. The molecule has 6 heteroatoms. The molecule has 0 spiro atoms. The van der Waals surface area contributed by atoms with Gasteiger partial charge in [0.25, 0.3) is 0 Å². The first-order valence-corrected chi connectivity index (χ1v) is 7.41. The van der Waals surface area contributed by atoms with Crippen LogP contribution < -0.4 is 10.1 Å². The molecule has 1 aliphatic rings. The summed E-state index contributed by atoms with van der Waals surface area (Å²) in [4.78, 5) is 12.1. The summed E-state index contributed by atoms with van der Waals surface area (Å²) < 4.78 is 5.58. The molecule has 1 aromatic heterocycles. The topological polar surface area (TPSA) is 87.2 Å². The van der Waals surface area contributed by atoms with Crippen LogP contribution in [0.15, 0.2) is 30.3 Å². The highest BCUT2D eigenvalue weighted by atomic mass is 16.5. The average Bonchev–Trinajstić information content (AvgIpc) is 3.10. The zero-order chi connectivity index (χ0) is 15.5. The Hall–Kier alpha value is -2.34. The van der Waals surface area contributed by atoms with Crippen LogP contribution >= 0.6 is 0 Å². The minimum Gasteiger partial charge on any atom is -0.438 e. The summed E-state index contributed by atoms with van der Waals surface area (Å²) in [6.45, 7) is 1.90. The number of hydrogen-bond donors (Lipinski definition) is 3. The maximum absolute atomic E-state index is 12.1. The lowest BCUT2D eigenvalue weighted by atomic mass is 10.1. The number of aromatic nitrogens is 2. The number of amides is 1. The Balaban J connectivity index is 1.60. The molecule has 2 aromatic rings. The number of aliphatic hydroxyl groups is 1. The lowest BCUT2D eigenvalue weighted by molar-refractivity contribution is -0.122. The number of aromatic amines is 1. The van der Waals surface area contributed by atoms with E-state index in [4.69, 9.17) is 4.74 Å². The van der Waals surface area contributed by atoms with Crippen molar-refractivity contribution in [2.24, 2.45) is 5.92 Å². The van der Waals surface area contributed by atoms with Gasteiger partial charge < -0.3 is 15.2 Å². The molecule has 1 aromatic carbocycles. The summed E-state index contributed by atoms with van der Waals surface area (Å²) in [6, 6.07) is 8.88. The lowest BCUT2D eigenvalue weighted by Crippen LogP contribution is -2.28. The molecule has 0 saturated heterocycles. The van der Waals surface area contributed by atoms with E-state index in [0.29, 0.717) is 23.7 Å². The number of carbonyl (C=O) groups excluding carboxylic acids is 1. The number of aryl methyl sites for hydroxylation is 1. The lowest BCUT2D eigenvalue weighted by Gasteiger charge is -2.14. The molecule has 22 heavy (non-hydrogen) atoms. The van der Waals surface area contributed by atoms with Crippen molar-refractivity contribution in [2.45, 2.75) is 32.3 Å². The van der Waals surface area contributed by atoms with E-state index < -0.39 is 6.10 Å². The fraction of sp³-hybridized carbons (Fsp3) is 0.375. The third kappa shape index (κ3) is 3.28. The van der Waals surface area contributed by atoms with Crippen molar-refractivity contribution in [1.29, 1.82) is 0 Å². The van der Waals surface area contributed by atoms with E-state index in [0.717, 1.165) is 18.5 Å². The van der Waals surface area contributed by atoms with E-state index in [1.807, 2.05) is 6.92 Å². The minimum atomic E-state index is -0.523. The number of hydrogen-bond acceptors (Lipinski definition) is 4. The number of nitrogens with zero attached hydrogens (tertiary/aromatic N) is 1. The minimum absolute atomic E-state index is 0.124. The molecular weight excluding hydrogens is 282 g/mol. The number of nitrogens with one attached hydrogen (secondary N) is 2. The van der Waals surface area contributed by atoms with Crippen LogP contribution in [0.5, 0.6) is 11.6 Å². The molecule has 6 nitrogen and oxygen atoms in total. The van der Waals surface area contributed by atoms with Crippen molar-refractivity contribution in [1.82, 2.24) is 10.2 Å². The Morgan fingerprint density at radius 1 is 1.36 bits per heavy atom. The third-order valence-corrected chi connectivity index (χ3v) is 3.84. The standard InChI is InChI=1S/C16H19N3O3/c1-10-9-15(19-18-10)22-12-7-5-11(6-8-12)17-16(21)13-3-2-4-14(13)20/h5-9,13-14,20H,2-4H2,1H3,(H,17,21)(H,18,19). The first kappa shape index (κ1) is 14.6. The Labute approximate surface area is 128 Å². The van der Waals surface area contributed by atoms with Crippen LogP contribution in [-0.2, 0) is 4.79 Å². The molecule has 116 valence electrons. The van der Waals surface area contributed by atoms with Gasteiger partial charge in [-0.05, 0) is 50.5 Å². The summed E-state index contributed by atoms with van der Waals surface area (Å²) in [5.41, 5.74) is 1.61. The van der Waals surface area contributed by atoms with Crippen molar-refractivity contribution < 1.29 is 14.6 Å². The second kappa shape index (κ2) is 6.19. The highest BCUT2D eigenvalue weighted by molar-refractivity contribution is 5.93. The molecule has 0 aliphatic heterocycles. The van der Waals surface area contributed by atoms with Crippen LogP contribution in [0.4, 0.5) is 5.69 Å². The van der Waals surface area contributed by atoms with Crippen LogP contribution in [0.1, 0.15) is 25.0 Å². The Morgan fingerprint density at radius 3 is 2.73 bits per heavy atom. The molecule has 1 aliphatic carbocycles. The van der Waals surface area contributed by atoms with Gasteiger partial charge in [0.2, 0.25) is 11.8 Å². The summed E-state index contributed by atoms with van der Waals surface area (Å²) in [5, 5.41) is 19.4. The van der Waals surface area contributed by atoms with Crippen LogP contribution in [0.25, 0.3) is 0 Å². The normalized spacial score (nSPS) is 20.8. The van der Waals surface area contributed by atoms with Gasteiger partial charge in [0.1, 0.15) is 5.75 Å². The van der Waals surface area contributed by atoms with Crippen LogP contribution in [0.2, 0.25) is 0 Å². The molecule has 0 radical (unpaired) electrons. The molecule has 3 N–H and O–H groups in total. The number of rotatable bonds is 4. The number of anilines is 1. The highest BCUT2D eigenvalue weighted by Gasteiger charge is 2.31. The quantitative estimate of drug-likeness (QED) is 0.810. The number of aliphatic hydroxyl groups excluding tert-OH is 1. The van der Waals surface area contributed by atoms with Crippen molar-refractivity contribution in [2.75, 3.05) is 5.32 Å². The fourth-order valence-corrected chi connectivity index (χ4v) is 2.65. The Bertz CT molecular complexity index is 651. The second-order valence-electron chi connectivity index (χ2n) is 5.61. The van der Waals surface area contributed by atoms with Gasteiger partial charge in [0.15, 0.2) is 0 Å². The van der Waals surface area contributed by atoms with Gasteiger partial charge in [-0.3, -0.25) is 9.89 Å². The zero-order valence-corrected chi connectivity index (χ0v) is 12.4. The van der Waals surface area contributed by atoms with Gasteiger partial charge in [-0.2, -0.15) is 0 Å². The fourth-order valence-electron chi connectivity index (χ4n) is 2.65. The maximum atomic E-state index is 12.1. The number of benzene rings is 1. The van der Waals surface area contributed by atoms with Gasteiger partial charge in [0.05, 0.1) is 12.0 Å². The van der Waals surface area contributed by atoms with Gasteiger partial charge in [-0.15, -0.1) is 5.10 Å². The van der Waals surface area contributed by atoms with Gasteiger partial charge in [-0.25, -0.2) is 0 Å². The SMILES string of the molecule is Cc1cc(Oc2ccc(NC(=O)C3CCCC3O)cc2)n[nH]1. The monoisotopic (exact) mass is 301 g/mol. The second-order valence-corrected chi connectivity index (χ2v) is 5.61. The van der Waals surface area contributed by atoms with E-state index in [1.165, 1.54) is 0 Å². The smallest absolute Gasteiger partial charge is 0.238 e. The van der Waals surface area contributed by atoms with Crippen LogP contribution in [-0.4, -0.2) is 27.3 Å². The van der Waals surface area contributed by atoms with Crippen molar-refractivity contribution >= 4 is 11.6 Å². The van der Waals surface area contributed by atoms with Crippen LogP contribution in [0.3, 0.4) is 0 Å². The molecule has 1 saturated carbocycles. The van der Waals surface area contributed by atoms with Crippen LogP contribution in [0, 0.1) is 12.8 Å².